The Balaban J connectivity index is 2.33. The number of rotatable bonds is 3. The van der Waals surface area contributed by atoms with Gasteiger partial charge in [0.1, 0.15) is 4.90 Å². The van der Waals surface area contributed by atoms with Crippen molar-refractivity contribution in [2.45, 2.75) is 4.90 Å². The average Bonchev–Trinajstić information content (AvgIpc) is 2.32. The summed E-state index contributed by atoms with van der Waals surface area (Å²) in [6.07, 6.45) is 5.22. The Morgan fingerprint density at radius 3 is 2.50 bits per heavy atom. The summed E-state index contributed by atoms with van der Waals surface area (Å²) >= 11 is 8.69. The van der Waals surface area contributed by atoms with Crippen molar-refractivity contribution in [3.05, 3.63) is 40.6 Å². The zero-order valence-corrected chi connectivity index (χ0v) is 11.9. The molecule has 0 atom stereocenters. The number of hydrogen-bond donors (Lipinski definition) is 1. The van der Waals surface area contributed by atoms with Gasteiger partial charge in [0, 0.05) is 12.4 Å². The SMILES string of the molecule is O=S(=O)(Nc1ccncc1Br)c1cnc(Cl)nc1. The summed E-state index contributed by atoms with van der Waals surface area (Å²) in [4.78, 5) is 11.0. The molecule has 0 unspecified atom stereocenters. The third-order valence-corrected chi connectivity index (χ3v) is 4.07. The zero-order chi connectivity index (χ0) is 13.2. The Hall–Kier alpha value is -1.25. The second-order valence-electron chi connectivity index (χ2n) is 3.15. The van der Waals surface area contributed by atoms with Crippen LogP contribution in [-0.4, -0.2) is 23.4 Å². The molecule has 1 N–H and O–H groups in total. The fourth-order valence-corrected chi connectivity index (χ4v) is 2.65. The van der Waals surface area contributed by atoms with Gasteiger partial charge in [-0.1, -0.05) is 0 Å². The molecule has 0 bridgehead atoms. The van der Waals surface area contributed by atoms with Crippen LogP contribution in [0.1, 0.15) is 0 Å². The highest BCUT2D eigenvalue weighted by atomic mass is 79.9. The molecule has 6 nitrogen and oxygen atoms in total. The van der Waals surface area contributed by atoms with Crippen LogP contribution in [0.3, 0.4) is 0 Å². The molecular weight excluding hydrogens is 344 g/mol. The van der Waals surface area contributed by atoms with Crippen LogP contribution in [0.25, 0.3) is 0 Å². The van der Waals surface area contributed by atoms with Crippen molar-refractivity contribution in [1.29, 1.82) is 0 Å². The second kappa shape index (κ2) is 5.17. The summed E-state index contributed by atoms with van der Waals surface area (Å²) in [6, 6.07) is 1.53. The summed E-state index contributed by atoms with van der Waals surface area (Å²) in [7, 11) is -3.74. The van der Waals surface area contributed by atoms with Gasteiger partial charge in [-0.3, -0.25) is 9.71 Å². The number of anilines is 1. The van der Waals surface area contributed by atoms with Gasteiger partial charge in [-0.25, -0.2) is 18.4 Å². The van der Waals surface area contributed by atoms with E-state index in [2.05, 4.69) is 35.6 Å². The predicted molar refractivity (Wildman–Crippen MR) is 69.8 cm³/mol. The number of halogens is 2. The van der Waals surface area contributed by atoms with E-state index < -0.39 is 10.0 Å². The Morgan fingerprint density at radius 2 is 1.89 bits per heavy atom. The van der Waals surface area contributed by atoms with Gasteiger partial charge in [0.15, 0.2) is 0 Å². The average molecular weight is 350 g/mol. The van der Waals surface area contributed by atoms with Crippen LogP contribution in [0.15, 0.2) is 40.2 Å². The van der Waals surface area contributed by atoms with Crippen molar-refractivity contribution < 1.29 is 8.42 Å². The lowest BCUT2D eigenvalue weighted by molar-refractivity contribution is 0.600. The highest BCUT2D eigenvalue weighted by molar-refractivity contribution is 9.10. The lowest BCUT2D eigenvalue weighted by atomic mass is 10.4. The molecule has 0 radical (unpaired) electrons. The molecule has 0 fully saturated rings. The van der Waals surface area contributed by atoms with E-state index in [1.807, 2.05) is 0 Å². The molecule has 0 saturated heterocycles. The van der Waals surface area contributed by atoms with Crippen molar-refractivity contribution in [3.8, 4) is 0 Å². The molecule has 0 aliphatic carbocycles. The summed E-state index contributed by atoms with van der Waals surface area (Å²) in [6.45, 7) is 0. The van der Waals surface area contributed by atoms with Crippen LogP contribution in [0.4, 0.5) is 5.69 Å². The molecule has 2 aromatic rings. The van der Waals surface area contributed by atoms with E-state index in [1.54, 1.807) is 0 Å². The number of nitrogens with zero attached hydrogens (tertiary/aromatic N) is 3. The lowest BCUT2D eigenvalue weighted by Gasteiger charge is -2.08. The number of pyridine rings is 1. The Labute approximate surface area is 117 Å². The van der Waals surface area contributed by atoms with E-state index in [1.165, 1.54) is 18.5 Å². The van der Waals surface area contributed by atoms with Crippen LogP contribution in [0.2, 0.25) is 5.28 Å². The van der Waals surface area contributed by atoms with Crippen LogP contribution in [0, 0.1) is 0 Å². The first-order chi connectivity index (χ1) is 8.49. The molecule has 18 heavy (non-hydrogen) atoms. The molecule has 9 heteroatoms. The van der Waals surface area contributed by atoms with E-state index >= 15 is 0 Å². The molecule has 0 amide bonds. The standard InChI is InChI=1S/C9H6BrClN4O2S/c10-7-5-12-2-1-8(7)15-18(16,17)6-3-13-9(11)14-4-6/h1-5H,(H,12,15). The van der Waals surface area contributed by atoms with E-state index in [9.17, 15) is 8.42 Å². The maximum atomic E-state index is 12.0. The van der Waals surface area contributed by atoms with Crippen molar-refractivity contribution in [2.24, 2.45) is 0 Å². The highest BCUT2D eigenvalue weighted by Crippen LogP contribution is 2.23. The highest BCUT2D eigenvalue weighted by Gasteiger charge is 2.16. The molecule has 2 heterocycles. The minimum Gasteiger partial charge on any atom is -0.278 e. The molecule has 0 aliphatic heterocycles. The van der Waals surface area contributed by atoms with E-state index in [0.29, 0.717) is 10.2 Å². The lowest BCUT2D eigenvalue weighted by Crippen LogP contribution is -2.14. The first-order valence-corrected chi connectivity index (χ1v) is 7.24. The largest absolute Gasteiger partial charge is 0.278 e. The van der Waals surface area contributed by atoms with Crippen molar-refractivity contribution >= 4 is 43.2 Å². The Bertz CT molecular complexity index is 663. The fraction of sp³-hybridized carbons (Fsp3) is 0. The summed E-state index contributed by atoms with van der Waals surface area (Å²) in [5.74, 6) is 0. The molecule has 0 aromatic carbocycles. The van der Waals surface area contributed by atoms with Gasteiger partial charge in [0.25, 0.3) is 10.0 Å². The van der Waals surface area contributed by atoms with E-state index in [-0.39, 0.29) is 10.2 Å². The molecule has 94 valence electrons. The minimum absolute atomic E-state index is 0.0148. The second-order valence-corrected chi connectivity index (χ2v) is 6.02. The Morgan fingerprint density at radius 1 is 1.22 bits per heavy atom. The van der Waals surface area contributed by atoms with Crippen molar-refractivity contribution in [2.75, 3.05) is 4.72 Å². The number of aromatic nitrogens is 3. The number of hydrogen-bond acceptors (Lipinski definition) is 5. The van der Waals surface area contributed by atoms with Gasteiger partial charge in [0.2, 0.25) is 5.28 Å². The molecular formula is C9H6BrClN4O2S. The topological polar surface area (TPSA) is 84.8 Å². The first-order valence-electron chi connectivity index (χ1n) is 4.59. The third kappa shape index (κ3) is 2.95. The fourth-order valence-electron chi connectivity index (χ4n) is 1.10. The van der Waals surface area contributed by atoms with Crippen LogP contribution >= 0.6 is 27.5 Å². The van der Waals surface area contributed by atoms with Gasteiger partial charge in [-0.15, -0.1) is 0 Å². The van der Waals surface area contributed by atoms with E-state index in [4.69, 9.17) is 11.6 Å². The van der Waals surface area contributed by atoms with Gasteiger partial charge in [0.05, 0.1) is 22.6 Å². The van der Waals surface area contributed by atoms with Crippen LogP contribution in [-0.2, 0) is 10.0 Å². The molecule has 2 aromatic heterocycles. The van der Waals surface area contributed by atoms with Crippen molar-refractivity contribution in [3.63, 3.8) is 0 Å². The van der Waals surface area contributed by atoms with Crippen molar-refractivity contribution in [1.82, 2.24) is 15.0 Å². The van der Waals surface area contributed by atoms with Crippen LogP contribution in [0.5, 0.6) is 0 Å². The minimum atomic E-state index is -3.74. The summed E-state index contributed by atoms with van der Waals surface area (Å²) < 4.78 is 26.9. The monoisotopic (exact) mass is 348 g/mol. The molecule has 2 rings (SSSR count). The number of nitrogens with one attached hydrogen (secondary N) is 1. The van der Waals surface area contributed by atoms with Gasteiger partial charge in [-0.2, -0.15) is 0 Å². The number of sulfonamides is 1. The maximum absolute atomic E-state index is 12.0. The van der Waals surface area contributed by atoms with E-state index in [0.717, 1.165) is 12.4 Å². The van der Waals surface area contributed by atoms with Gasteiger partial charge < -0.3 is 0 Å². The summed E-state index contributed by atoms with van der Waals surface area (Å²) in [5, 5.41) is -0.0148. The Kier molecular flexibility index (Phi) is 3.79. The predicted octanol–water partition coefficient (Wildman–Crippen LogP) is 2.09. The maximum Gasteiger partial charge on any atom is 0.265 e. The van der Waals surface area contributed by atoms with Crippen LogP contribution < -0.4 is 4.72 Å². The molecule has 0 spiro atoms. The third-order valence-electron chi connectivity index (χ3n) is 1.92. The smallest absolute Gasteiger partial charge is 0.265 e. The zero-order valence-electron chi connectivity index (χ0n) is 8.71. The van der Waals surface area contributed by atoms with Gasteiger partial charge >= 0.3 is 0 Å². The quantitative estimate of drug-likeness (QED) is 0.858. The normalized spacial score (nSPS) is 11.2. The molecule has 0 aliphatic rings. The van der Waals surface area contributed by atoms with Gasteiger partial charge in [-0.05, 0) is 33.6 Å². The molecule has 0 saturated carbocycles. The first kappa shape index (κ1) is 13.2. The summed E-state index contributed by atoms with van der Waals surface area (Å²) in [5.41, 5.74) is 0.375.